The minimum atomic E-state index is -6.06. The highest BCUT2D eigenvalue weighted by molar-refractivity contribution is 6.30. The van der Waals surface area contributed by atoms with E-state index >= 15 is 0 Å². The topological polar surface area (TPSA) is 85.4 Å². The first-order valence-electron chi connectivity index (χ1n) is 7.79. The fourth-order valence-corrected chi connectivity index (χ4v) is 2.28. The van der Waals surface area contributed by atoms with E-state index in [0.717, 1.165) is 55.2 Å². The molecule has 0 unspecified atom stereocenters. The van der Waals surface area contributed by atoms with Gasteiger partial charge in [0, 0.05) is 10.6 Å². The van der Waals surface area contributed by atoms with E-state index in [9.17, 15) is 31.1 Å². The molecule has 2 rings (SSSR count). The molecule has 7 nitrogen and oxygen atoms in total. The number of alkyl halides is 6. The van der Waals surface area contributed by atoms with E-state index in [2.05, 4.69) is 9.97 Å². The Morgan fingerprint density at radius 1 is 0.933 bits per heavy atom. The number of carbonyl (C=O) groups excluding carboxylic acids is 1. The molecule has 0 saturated heterocycles. The van der Waals surface area contributed by atoms with Crippen molar-refractivity contribution in [1.29, 1.82) is 0 Å². The van der Waals surface area contributed by atoms with Crippen molar-refractivity contribution in [2.45, 2.75) is 18.0 Å². The van der Waals surface area contributed by atoms with Crippen LogP contribution in [-0.2, 0) is 0 Å². The van der Waals surface area contributed by atoms with Gasteiger partial charge in [-0.1, -0.05) is 11.6 Å². The highest BCUT2D eigenvalue weighted by Crippen LogP contribution is 2.43. The summed E-state index contributed by atoms with van der Waals surface area (Å²) < 4.78 is 91.8. The molecule has 0 aliphatic heterocycles. The molecule has 1 aromatic heterocycles. The number of nitrogens with one attached hydrogen (secondary N) is 2. The number of amides is 1. The van der Waals surface area contributed by atoms with Crippen molar-refractivity contribution in [2.75, 3.05) is 19.5 Å². The normalized spacial score (nSPS) is 12.3. The molecular formula is C16H13ClF6N4O3. The highest BCUT2D eigenvalue weighted by Gasteiger charge is 2.73. The van der Waals surface area contributed by atoms with Gasteiger partial charge in [-0.2, -0.15) is 36.3 Å². The third-order valence-electron chi connectivity index (χ3n) is 3.65. The predicted molar refractivity (Wildman–Crippen MR) is 92.5 cm³/mol. The zero-order valence-electron chi connectivity index (χ0n) is 15.2. The number of hydrogen-bond donors (Lipinski definition) is 2. The van der Waals surface area contributed by atoms with E-state index in [-0.39, 0.29) is 16.8 Å². The lowest BCUT2D eigenvalue weighted by molar-refractivity contribution is -0.294. The third kappa shape index (κ3) is 4.78. The number of methoxy groups -OCH3 is 2. The molecule has 1 heterocycles. The summed E-state index contributed by atoms with van der Waals surface area (Å²) in [5, 5.41) is 2.23. The monoisotopic (exact) mass is 458 g/mol. The lowest BCUT2D eigenvalue weighted by atomic mass is 10.1. The van der Waals surface area contributed by atoms with Gasteiger partial charge in [0.15, 0.2) is 0 Å². The van der Waals surface area contributed by atoms with Gasteiger partial charge in [-0.15, -0.1) is 0 Å². The fourth-order valence-electron chi connectivity index (χ4n) is 2.16. The molecule has 0 aliphatic rings. The molecule has 1 amide bonds. The Bertz CT molecular complexity index is 869. The number of aromatic nitrogens is 2. The molecule has 2 N–H and O–H groups in total. The molecule has 0 spiro atoms. The van der Waals surface area contributed by atoms with Crippen LogP contribution >= 0.6 is 11.6 Å². The van der Waals surface area contributed by atoms with Crippen LogP contribution in [0.25, 0.3) is 0 Å². The maximum absolute atomic E-state index is 13.7. The first-order valence-corrected chi connectivity index (χ1v) is 8.17. The summed E-state index contributed by atoms with van der Waals surface area (Å²) in [6, 6.07) is 5.20. The molecule has 0 atom stereocenters. The molecule has 0 aliphatic carbocycles. The van der Waals surface area contributed by atoms with Gasteiger partial charge in [-0.3, -0.25) is 4.79 Å². The SMILES string of the molecule is COc1cc(OC)nc(NC(NC(=O)c2ccc(Cl)cc2)(C(F)(F)F)C(F)(F)F)n1. The molecule has 0 bridgehead atoms. The Hall–Kier alpha value is -2.96. The zero-order valence-corrected chi connectivity index (χ0v) is 15.9. The molecule has 30 heavy (non-hydrogen) atoms. The molecule has 1 aromatic carbocycles. The summed E-state index contributed by atoms with van der Waals surface area (Å²) >= 11 is 5.61. The van der Waals surface area contributed by atoms with Crippen LogP contribution < -0.4 is 20.1 Å². The van der Waals surface area contributed by atoms with Crippen molar-refractivity contribution in [1.82, 2.24) is 15.3 Å². The number of hydrogen-bond acceptors (Lipinski definition) is 6. The van der Waals surface area contributed by atoms with E-state index in [1.54, 1.807) is 0 Å². The second-order valence-corrected chi connectivity index (χ2v) is 6.04. The maximum atomic E-state index is 13.7. The summed E-state index contributed by atoms with van der Waals surface area (Å²) in [5.41, 5.74) is -5.43. The van der Waals surface area contributed by atoms with E-state index < -0.39 is 35.4 Å². The number of anilines is 1. The van der Waals surface area contributed by atoms with Crippen LogP contribution in [0.2, 0.25) is 5.02 Å². The largest absolute Gasteiger partial charge is 0.481 e. The second kappa shape index (κ2) is 8.42. The van der Waals surface area contributed by atoms with E-state index in [0.29, 0.717) is 0 Å². The number of halogens is 7. The van der Waals surface area contributed by atoms with Gasteiger partial charge in [-0.25, -0.2) is 0 Å². The number of ether oxygens (including phenoxy) is 2. The van der Waals surface area contributed by atoms with Gasteiger partial charge >= 0.3 is 18.0 Å². The van der Waals surface area contributed by atoms with E-state index in [1.807, 2.05) is 0 Å². The van der Waals surface area contributed by atoms with E-state index in [1.165, 1.54) is 0 Å². The lowest BCUT2D eigenvalue weighted by Crippen LogP contribution is -2.72. The number of nitrogens with zero attached hydrogens (tertiary/aromatic N) is 2. The fraction of sp³-hybridized carbons (Fsp3) is 0.312. The quantitative estimate of drug-likeness (QED) is 0.506. The van der Waals surface area contributed by atoms with Crippen LogP contribution in [0, 0.1) is 0 Å². The predicted octanol–water partition coefficient (Wildman–Crippen LogP) is 3.81. The van der Waals surface area contributed by atoms with Crippen molar-refractivity contribution >= 4 is 23.5 Å². The van der Waals surface area contributed by atoms with Gasteiger partial charge in [0.05, 0.1) is 20.3 Å². The minimum Gasteiger partial charge on any atom is -0.481 e. The van der Waals surface area contributed by atoms with Crippen molar-refractivity contribution in [3.05, 3.63) is 40.9 Å². The Balaban J connectivity index is 2.57. The number of benzene rings is 1. The maximum Gasteiger partial charge on any atom is 0.439 e. The lowest BCUT2D eigenvalue weighted by Gasteiger charge is -2.38. The minimum absolute atomic E-state index is 0.124. The first-order chi connectivity index (χ1) is 13.8. The van der Waals surface area contributed by atoms with Crippen molar-refractivity contribution in [3.8, 4) is 11.8 Å². The van der Waals surface area contributed by atoms with Crippen LogP contribution in [0.4, 0.5) is 32.3 Å². The third-order valence-corrected chi connectivity index (χ3v) is 3.91. The van der Waals surface area contributed by atoms with E-state index in [4.69, 9.17) is 21.1 Å². The number of rotatable bonds is 6. The second-order valence-electron chi connectivity index (χ2n) is 5.61. The van der Waals surface area contributed by atoms with Gasteiger partial charge in [0.2, 0.25) is 17.7 Å². The average molecular weight is 459 g/mol. The summed E-state index contributed by atoms with van der Waals surface area (Å²) in [7, 11) is 2.16. The molecule has 164 valence electrons. The smallest absolute Gasteiger partial charge is 0.439 e. The average Bonchev–Trinajstić information content (AvgIpc) is 2.65. The van der Waals surface area contributed by atoms with Crippen molar-refractivity contribution < 1.29 is 40.6 Å². The van der Waals surface area contributed by atoms with Gasteiger partial charge in [0.25, 0.3) is 5.91 Å². The standard InChI is InChI=1S/C16H13ClF6N4O3/c1-29-10-7-11(30-2)25-13(24-10)27-14(15(18,19)20,16(21,22)23)26-12(28)8-3-5-9(17)6-4-8/h3-7H,1-2H3,(H,26,28)(H,24,25,27). The van der Waals surface area contributed by atoms with Crippen molar-refractivity contribution in [2.24, 2.45) is 0 Å². The number of carbonyl (C=O) groups is 1. The molecule has 14 heteroatoms. The summed E-state index contributed by atoms with van der Waals surface area (Å²) in [5.74, 6) is -3.60. The van der Waals surface area contributed by atoms with Crippen LogP contribution in [0.5, 0.6) is 11.8 Å². The Morgan fingerprint density at radius 3 is 1.80 bits per heavy atom. The Morgan fingerprint density at radius 2 is 1.40 bits per heavy atom. The molecular weight excluding hydrogens is 446 g/mol. The molecule has 0 fully saturated rings. The molecule has 2 aromatic rings. The summed E-state index contributed by atoms with van der Waals surface area (Å²) in [6.07, 6.45) is -12.1. The van der Waals surface area contributed by atoms with Crippen LogP contribution in [0.3, 0.4) is 0 Å². The Labute approximate surface area is 170 Å². The molecule has 0 saturated carbocycles. The van der Waals surface area contributed by atoms with Gasteiger partial charge in [0.1, 0.15) is 0 Å². The Kier molecular flexibility index (Phi) is 6.54. The van der Waals surface area contributed by atoms with Crippen LogP contribution in [0.15, 0.2) is 30.3 Å². The highest BCUT2D eigenvalue weighted by atomic mass is 35.5. The zero-order chi connectivity index (χ0) is 22.7. The first kappa shape index (κ1) is 23.3. The van der Waals surface area contributed by atoms with Crippen LogP contribution in [-0.4, -0.2) is 48.1 Å². The van der Waals surface area contributed by atoms with Gasteiger partial charge in [-0.05, 0) is 24.3 Å². The summed E-state index contributed by atoms with van der Waals surface area (Å²) in [6.45, 7) is 0. The van der Waals surface area contributed by atoms with Crippen molar-refractivity contribution in [3.63, 3.8) is 0 Å². The van der Waals surface area contributed by atoms with Gasteiger partial charge < -0.3 is 20.1 Å². The summed E-state index contributed by atoms with van der Waals surface area (Å²) in [4.78, 5) is 19.0. The van der Waals surface area contributed by atoms with Crippen LogP contribution in [0.1, 0.15) is 10.4 Å². The molecule has 0 radical (unpaired) electrons.